The van der Waals surface area contributed by atoms with E-state index >= 15 is 0 Å². The second kappa shape index (κ2) is 5.66. The van der Waals surface area contributed by atoms with E-state index in [-0.39, 0.29) is 11.9 Å². The number of hydrogen-bond donors (Lipinski definition) is 1. The number of likely N-dealkylation sites (tertiary alicyclic amines) is 1. The molecular weight excluding hydrogens is 176 g/mol. The zero-order valence-electron chi connectivity index (χ0n) is 8.75. The second-order valence-electron chi connectivity index (χ2n) is 3.57. The number of rotatable bonds is 5. The van der Waals surface area contributed by atoms with Crippen molar-refractivity contribution in [2.45, 2.75) is 32.2 Å². The molecule has 0 spiro atoms. The molecule has 1 fully saturated rings. The number of hydrogen-bond acceptors (Lipinski definition) is 2. The monoisotopic (exact) mass is 194 g/mol. The Morgan fingerprint density at radius 3 is 3.14 bits per heavy atom. The summed E-state index contributed by atoms with van der Waals surface area (Å²) in [6.07, 6.45) is 7.81. The lowest BCUT2D eigenvalue weighted by Crippen LogP contribution is -2.38. The molecule has 0 saturated carbocycles. The largest absolute Gasteiger partial charge is 0.340 e. The van der Waals surface area contributed by atoms with Gasteiger partial charge in [-0.2, -0.15) is 0 Å². The van der Waals surface area contributed by atoms with Gasteiger partial charge in [-0.1, -0.05) is 6.92 Å². The SMILES string of the molecule is C#CCCN1CCC(NCCC)C1=O. The summed E-state index contributed by atoms with van der Waals surface area (Å²) in [6, 6.07) is 0.0349. The zero-order chi connectivity index (χ0) is 10.4. The van der Waals surface area contributed by atoms with E-state index in [2.05, 4.69) is 18.2 Å². The lowest BCUT2D eigenvalue weighted by atomic mass is 10.2. The Morgan fingerprint density at radius 1 is 1.71 bits per heavy atom. The average molecular weight is 194 g/mol. The average Bonchev–Trinajstić information content (AvgIpc) is 2.54. The van der Waals surface area contributed by atoms with Gasteiger partial charge in [0, 0.05) is 19.5 Å². The first kappa shape index (κ1) is 11.1. The summed E-state index contributed by atoms with van der Waals surface area (Å²) in [6.45, 7) is 4.57. The highest BCUT2D eigenvalue weighted by atomic mass is 16.2. The highest BCUT2D eigenvalue weighted by Gasteiger charge is 2.29. The van der Waals surface area contributed by atoms with E-state index < -0.39 is 0 Å². The van der Waals surface area contributed by atoms with Gasteiger partial charge >= 0.3 is 0 Å². The van der Waals surface area contributed by atoms with Gasteiger partial charge in [-0.25, -0.2) is 0 Å². The number of amides is 1. The molecule has 1 atom stereocenters. The van der Waals surface area contributed by atoms with Crippen molar-refractivity contribution in [2.75, 3.05) is 19.6 Å². The van der Waals surface area contributed by atoms with Crippen molar-refractivity contribution >= 4 is 5.91 Å². The third-order valence-electron chi connectivity index (χ3n) is 2.46. The van der Waals surface area contributed by atoms with Crippen LogP contribution in [0.4, 0.5) is 0 Å². The minimum Gasteiger partial charge on any atom is -0.340 e. The van der Waals surface area contributed by atoms with E-state index in [4.69, 9.17) is 6.42 Å². The molecule has 0 aromatic rings. The quantitative estimate of drug-likeness (QED) is 0.650. The van der Waals surface area contributed by atoms with Crippen LogP contribution in [0.2, 0.25) is 0 Å². The Labute approximate surface area is 85.9 Å². The molecule has 3 heteroatoms. The molecule has 1 saturated heterocycles. The highest BCUT2D eigenvalue weighted by molar-refractivity contribution is 5.83. The van der Waals surface area contributed by atoms with Crippen molar-refractivity contribution in [2.24, 2.45) is 0 Å². The zero-order valence-corrected chi connectivity index (χ0v) is 8.75. The second-order valence-corrected chi connectivity index (χ2v) is 3.57. The van der Waals surface area contributed by atoms with E-state index in [1.807, 2.05) is 4.90 Å². The number of nitrogens with zero attached hydrogens (tertiary/aromatic N) is 1. The first-order chi connectivity index (χ1) is 6.79. The van der Waals surface area contributed by atoms with Crippen LogP contribution in [-0.4, -0.2) is 36.5 Å². The number of carbonyl (C=O) groups is 1. The summed E-state index contributed by atoms with van der Waals surface area (Å²) in [4.78, 5) is 13.6. The summed E-state index contributed by atoms with van der Waals surface area (Å²) in [5.74, 6) is 2.78. The Bertz CT molecular complexity index is 232. The molecule has 1 heterocycles. The Balaban J connectivity index is 2.32. The van der Waals surface area contributed by atoms with Crippen LogP contribution in [0.3, 0.4) is 0 Å². The van der Waals surface area contributed by atoms with Crippen LogP contribution in [-0.2, 0) is 4.79 Å². The van der Waals surface area contributed by atoms with Gasteiger partial charge in [0.25, 0.3) is 0 Å². The van der Waals surface area contributed by atoms with E-state index in [0.717, 1.165) is 25.9 Å². The highest BCUT2D eigenvalue weighted by Crippen LogP contribution is 2.11. The van der Waals surface area contributed by atoms with E-state index in [9.17, 15) is 4.79 Å². The maximum Gasteiger partial charge on any atom is 0.239 e. The van der Waals surface area contributed by atoms with Crippen molar-refractivity contribution in [1.82, 2.24) is 10.2 Å². The normalized spacial score (nSPS) is 21.3. The number of terminal acetylenes is 1. The van der Waals surface area contributed by atoms with Gasteiger partial charge in [0.1, 0.15) is 0 Å². The fraction of sp³-hybridized carbons (Fsp3) is 0.727. The molecule has 0 aromatic carbocycles. The maximum absolute atomic E-state index is 11.7. The van der Waals surface area contributed by atoms with Gasteiger partial charge in [0.05, 0.1) is 6.04 Å². The van der Waals surface area contributed by atoms with Crippen molar-refractivity contribution in [3.05, 3.63) is 0 Å². The molecule has 1 aliphatic heterocycles. The molecular formula is C11H18N2O. The van der Waals surface area contributed by atoms with E-state index in [1.54, 1.807) is 0 Å². The van der Waals surface area contributed by atoms with Gasteiger partial charge in [0.15, 0.2) is 0 Å². The Morgan fingerprint density at radius 2 is 2.50 bits per heavy atom. The van der Waals surface area contributed by atoms with Gasteiger partial charge in [0.2, 0.25) is 5.91 Å². The first-order valence-electron chi connectivity index (χ1n) is 5.25. The van der Waals surface area contributed by atoms with Crippen LogP contribution >= 0.6 is 0 Å². The van der Waals surface area contributed by atoms with Crippen molar-refractivity contribution < 1.29 is 4.79 Å². The van der Waals surface area contributed by atoms with Crippen LogP contribution in [0.15, 0.2) is 0 Å². The number of carbonyl (C=O) groups excluding carboxylic acids is 1. The molecule has 0 aliphatic carbocycles. The summed E-state index contributed by atoms with van der Waals surface area (Å²) in [7, 11) is 0. The Hall–Kier alpha value is -1.01. The molecule has 1 amide bonds. The van der Waals surface area contributed by atoms with Crippen LogP contribution in [0.1, 0.15) is 26.2 Å². The smallest absolute Gasteiger partial charge is 0.239 e. The predicted molar refractivity (Wildman–Crippen MR) is 56.7 cm³/mol. The first-order valence-corrected chi connectivity index (χ1v) is 5.25. The lowest BCUT2D eigenvalue weighted by molar-refractivity contribution is -0.129. The van der Waals surface area contributed by atoms with Crippen LogP contribution in [0.25, 0.3) is 0 Å². The summed E-state index contributed by atoms with van der Waals surface area (Å²) < 4.78 is 0. The van der Waals surface area contributed by atoms with Crippen LogP contribution < -0.4 is 5.32 Å². The van der Waals surface area contributed by atoms with Crippen molar-refractivity contribution in [3.63, 3.8) is 0 Å². The van der Waals surface area contributed by atoms with Crippen molar-refractivity contribution in [3.8, 4) is 12.3 Å². The van der Waals surface area contributed by atoms with Crippen LogP contribution in [0.5, 0.6) is 0 Å². The van der Waals surface area contributed by atoms with E-state index in [0.29, 0.717) is 13.0 Å². The summed E-state index contributed by atoms with van der Waals surface area (Å²) in [5.41, 5.74) is 0. The minimum absolute atomic E-state index is 0.0349. The molecule has 14 heavy (non-hydrogen) atoms. The van der Waals surface area contributed by atoms with E-state index in [1.165, 1.54) is 0 Å². The van der Waals surface area contributed by atoms with Crippen LogP contribution in [0, 0.1) is 12.3 Å². The van der Waals surface area contributed by atoms with Crippen molar-refractivity contribution in [1.29, 1.82) is 0 Å². The third-order valence-corrected chi connectivity index (χ3v) is 2.46. The molecule has 0 aromatic heterocycles. The van der Waals surface area contributed by atoms with Gasteiger partial charge in [-0.3, -0.25) is 4.79 Å². The topological polar surface area (TPSA) is 32.3 Å². The summed E-state index contributed by atoms with van der Waals surface area (Å²) in [5, 5.41) is 3.24. The summed E-state index contributed by atoms with van der Waals surface area (Å²) >= 11 is 0. The van der Waals surface area contributed by atoms with Gasteiger partial charge < -0.3 is 10.2 Å². The molecule has 1 N–H and O–H groups in total. The fourth-order valence-corrected chi connectivity index (χ4v) is 1.67. The van der Waals surface area contributed by atoms with Gasteiger partial charge in [-0.05, 0) is 19.4 Å². The maximum atomic E-state index is 11.7. The Kier molecular flexibility index (Phi) is 4.48. The molecule has 1 unspecified atom stereocenters. The van der Waals surface area contributed by atoms with Gasteiger partial charge in [-0.15, -0.1) is 12.3 Å². The predicted octanol–water partition coefficient (Wildman–Crippen LogP) is 0.610. The molecule has 78 valence electrons. The molecule has 1 rings (SSSR count). The minimum atomic E-state index is 0.0349. The molecule has 3 nitrogen and oxygen atoms in total. The molecule has 0 radical (unpaired) electrons. The number of nitrogens with one attached hydrogen (secondary N) is 1. The fourth-order valence-electron chi connectivity index (χ4n) is 1.67. The third kappa shape index (κ3) is 2.74. The molecule has 0 bridgehead atoms. The lowest BCUT2D eigenvalue weighted by Gasteiger charge is -2.15. The standard InChI is InChI=1S/C11H18N2O/c1-3-5-8-13-9-6-10(11(13)14)12-7-4-2/h1,10,12H,4-9H2,2H3. The molecule has 1 aliphatic rings.